The summed E-state index contributed by atoms with van der Waals surface area (Å²) >= 11 is 0. The molecule has 0 bridgehead atoms. The van der Waals surface area contributed by atoms with Gasteiger partial charge in [-0.2, -0.15) is 0 Å². The summed E-state index contributed by atoms with van der Waals surface area (Å²) < 4.78 is 5.10. The summed E-state index contributed by atoms with van der Waals surface area (Å²) in [6, 6.07) is 0. The van der Waals surface area contributed by atoms with E-state index < -0.39 is 0 Å². The Bertz CT molecular complexity index is 263. The Labute approximate surface area is 101 Å². The van der Waals surface area contributed by atoms with Gasteiger partial charge in [0.25, 0.3) is 0 Å². The number of likely N-dealkylation sites (tertiary alicyclic amines) is 1. The maximum Gasteiger partial charge on any atom is 0.241 e. The standard InChI is InChI=1S/C11H21N3O3/c1-17-8-9-2-4-14(5-3-9)11(16)7-13-10(15)6-12/h9H,2-8,12H2,1H3,(H,13,15). The molecule has 1 aliphatic heterocycles. The van der Waals surface area contributed by atoms with E-state index in [1.165, 1.54) is 0 Å². The van der Waals surface area contributed by atoms with E-state index in [2.05, 4.69) is 5.32 Å². The van der Waals surface area contributed by atoms with E-state index >= 15 is 0 Å². The quantitative estimate of drug-likeness (QED) is 0.645. The first-order valence-electron chi connectivity index (χ1n) is 5.90. The van der Waals surface area contributed by atoms with Crippen molar-refractivity contribution in [2.45, 2.75) is 12.8 Å². The number of rotatable bonds is 5. The molecule has 0 aromatic heterocycles. The van der Waals surface area contributed by atoms with E-state index in [4.69, 9.17) is 10.5 Å². The lowest BCUT2D eigenvalue weighted by Crippen LogP contribution is -2.45. The van der Waals surface area contributed by atoms with Crippen LogP contribution < -0.4 is 11.1 Å². The van der Waals surface area contributed by atoms with Crippen LogP contribution in [0.15, 0.2) is 0 Å². The zero-order chi connectivity index (χ0) is 12.7. The first-order chi connectivity index (χ1) is 8.17. The molecule has 0 radical (unpaired) electrons. The third-order valence-corrected chi connectivity index (χ3v) is 2.99. The monoisotopic (exact) mass is 243 g/mol. The summed E-state index contributed by atoms with van der Waals surface area (Å²) in [6.07, 6.45) is 1.93. The van der Waals surface area contributed by atoms with Crippen molar-refractivity contribution in [3.05, 3.63) is 0 Å². The Morgan fingerprint density at radius 3 is 2.59 bits per heavy atom. The molecule has 6 heteroatoms. The number of nitrogens with two attached hydrogens (primary N) is 1. The summed E-state index contributed by atoms with van der Waals surface area (Å²) in [4.78, 5) is 24.4. The van der Waals surface area contributed by atoms with Crippen molar-refractivity contribution in [3.8, 4) is 0 Å². The minimum atomic E-state index is -0.299. The smallest absolute Gasteiger partial charge is 0.241 e. The van der Waals surface area contributed by atoms with Crippen molar-refractivity contribution in [1.82, 2.24) is 10.2 Å². The predicted octanol–water partition coefficient (Wildman–Crippen LogP) is -1.05. The summed E-state index contributed by atoms with van der Waals surface area (Å²) in [7, 11) is 1.69. The Morgan fingerprint density at radius 1 is 1.41 bits per heavy atom. The summed E-state index contributed by atoms with van der Waals surface area (Å²) in [6.45, 7) is 2.21. The fourth-order valence-electron chi connectivity index (χ4n) is 1.94. The first-order valence-corrected chi connectivity index (χ1v) is 5.90. The number of ether oxygens (including phenoxy) is 1. The number of carbonyl (C=O) groups excluding carboxylic acids is 2. The van der Waals surface area contributed by atoms with Crippen LogP contribution in [0.3, 0.4) is 0 Å². The van der Waals surface area contributed by atoms with Gasteiger partial charge in [0.05, 0.1) is 13.1 Å². The molecule has 0 aromatic rings. The molecule has 0 atom stereocenters. The van der Waals surface area contributed by atoms with Crippen molar-refractivity contribution < 1.29 is 14.3 Å². The van der Waals surface area contributed by atoms with Gasteiger partial charge in [0.1, 0.15) is 0 Å². The molecule has 0 aliphatic carbocycles. The minimum absolute atomic E-state index is 0.0392. The first kappa shape index (κ1) is 13.9. The van der Waals surface area contributed by atoms with Crippen molar-refractivity contribution in [2.24, 2.45) is 11.7 Å². The summed E-state index contributed by atoms with van der Waals surface area (Å²) in [5.41, 5.74) is 5.14. The zero-order valence-electron chi connectivity index (χ0n) is 10.3. The van der Waals surface area contributed by atoms with Gasteiger partial charge >= 0.3 is 0 Å². The van der Waals surface area contributed by atoms with Crippen LogP contribution in [0, 0.1) is 5.92 Å². The number of carbonyl (C=O) groups is 2. The number of nitrogens with one attached hydrogen (secondary N) is 1. The van der Waals surface area contributed by atoms with Crippen LogP contribution in [0.4, 0.5) is 0 Å². The summed E-state index contributed by atoms with van der Waals surface area (Å²) in [5, 5.41) is 2.49. The van der Waals surface area contributed by atoms with Gasteiger partial charge in [0, 0.05) is 26.8 Å². The topological polar surface area (TPSA) is 84.7 Å². The van der Waals surface area contributed by atoms with Crippen LogP contribution in [0.25, 0.3) is 0 Å². The van der Waals surface area contributed by atoms with E-state index in [-0.39, 0.29) is 24.9 Å². The Hall–Kier alpha value is -1.14. The molecule has 1 saturated heterocycles. The molecule has 0 spiro atoms. The van der Waals surface area contributed by atoms with Crippen LogP contribution in [-0.2, 0) is 14.3 Å². The van der Waals surface area contributed by atoms with Gasteiger partial charge in [0.15, 0.2) is 0 Å². The summed E-state index contributed by atoms with van der Waals surface area (Å²) in [5.74, 6) is 0.206. The molecule has 0 saturated carbocycles. The van der Waals surface area contributed by atoms with Gasteiger partial charge in [-0.25, -0.2) is 0 Å². The van der Waals surface area contributed by atoms with Crippen LogP contribution in [0.5, 0.6) is 0 Å². The normalized spacial score (nSPS) is 16.9. The van der Waals surface area contributed by atoms with Crippen LogP contribution in [0.2, 0.25) is 0 Å². The van der Waals surface area contributed by atoms with Crippen LogP contribution >= 0.6 is 0 Å². The molecular formula is C11H21N3O3. The molecule has 98 valence electrons. The van der Waals surface area contributed by atoms with E-state index in [9.17, 15) is 9.59 Å². The molecule has 0 unspecified atom stereocenters. The zero-order valence-corrected chi connectivity index (χ0v) is 10.3. The van der Waals surface area contributed by atoms with Gasteiger partial charge in [-0.15, -0.1) is 0 Å². The van der Waals surface area contributed by atoms with Crippen molar-refractivity contribution in [1.29, 1.82) is 0 Å². The molecule has 1 fully saturated rings. The van der Waals surface area contributed by atoms with Crippen LogP contribution in [0.1, 0.15) is 12.8 Å². The van der Waals surface area contributed by atoms with Gasteiger partial charge in [-0.3, -0.25) is 9.59 Å². The van der Waals surface area contributed by atoms with E-state index in [0.717, 1.165) is 32.5 Å². The Morgan fingerprint density at radius 2 is 2.06 bits per heavy atom. The van der Waals surface area contributed by atoms with Crippen LogP contribution in [-0.4, -0.2) is 56.6 Å². The van der Waals surface area contributed by atoms with E-state index in [1.807, 2.05) is 0 Å². The Kier molecular flexibility index (Phi) is 5.93. The number of hydrogen-bond acceptors (Lipinski definition) is 4. The molecule has 6 nitrogen and oxygen atoms in total. The molecule has 1 rings (SSSR count). The second kappa shape index (κ2) is 7.24. The highest BCUT2D eigenvalue weighted by Crippen LogP contribution is 2.16. The predicted molar refractivity (Wildman–Crippen MR) is 63.2 cm³/mol. The number of amides is 2. The second-order valence-corrected chi connectivity index (χ2v) is 4.26. The molecule has 1 heterocycles. The second-order valence-electron chi connectivity index (χ2n) is 4.26. The highest BCUT2D eigenvalue weighted by Gasteiger charge is 2.22. The van der Waals surface area contributed by atoms with Crippen molar-refractivity contribution >= 4 is 11.8 Å². The SMILES string of the molecule is COCC1CCN(C(=O)CNC(=O)CN)CC1. The van der Waals surface area contributed by atoms with Gasteiger partial charge < -0.3 is 20.7 Å². The lowest BCUT2D eigenvalue weighted by molar-refractivity contribution is -0.134. The largest absolute Gasteiger partial charge is 0.384 e. The fraction of sp³-hybridized carbons (Fsp3) is 0.818. The minimum Gasteiger partial charge on any atom is -0.384 e. The number of piperidine rings is 1. The number of hydrogen-bond donors (Lipinski definition) is 2. The fourth-order valence-corrected chi connectivity index (χ4v) is 1.94. The van der Waals surface area contributed by atoms with Gasteiger partial charge in [-0.1, -0.05) is 0 Å². The molecular weight excluding hydrogens is 222 g/mol. The van der Waals surface area contributed by atoms with Crippen molar-refractivity contribution in [3.63, 3.8) is 0 Å². The molecule has 2 amide bonds. The third-order valence-electron chi connectivity index (χ3n) is 2.99. The Balaban J connectivity index is 2.23. The van der Waals surface area contributed by atoms with E-state index in [0.29, 0.717) is 5.92 Å². The average Bonchev–Trinajstić information content (AvgIpc) is 2.36. The average molecular weight is 243 g/mol. The maximum atomic E-state index is 11.7. The lowest BCUT2D eigenvalue weighted by Gasteiger charge is -2.31. The third kappa shape index (κ3) is 4.70. The highest BCUT2D eigenvalue weighted by molar-refractivity contribution is 5.85. The lowest BCUT2D eigenvalue weighted by atomic mass is 9.98. The van der Waals surface area contributed by atoms with Gasteiger partial charge in [0.2, 0.25) is 11.8 Å². The van der Waals surface area contributed by atoms with Crippen molar-refractivity contribution in [2.75, 3.05) is 39.9 Å². The highest BCUT2D eigenvalue weighted by atomic mass is 16.5. The number of methoxy groups -OCH3 is 1. The molecule has 1 aliphatic rings. The maximum absolute atomic E-state index is 11.7. The molecule has 17 heavy (non-hydrogen) atoms. The number of nitrogens with zero attached hydrogens (tertiary/aromatic N) is 1. The van der Waals surface area contributed by atoms with E-state index in [1.54, 1.807) is 12.0 Å². The molecule has 3 N–H and O–H groups in total. The van der Waals surface area contributed by atoms with Gasteiger partial charge in [-0.05, 0) is 18.8 Å². The molecule has 0 aromatic carbocycles.